The van der Waals surface area contributed by atoms with E-state index in [-0.39, 0.29) is 11.5 Å². The lowest BCUT2D eigenvalue weighted by Crippen LogP contribution is -2.13. The van der Waals surface area contributed by atoms with Crippen LogP contribution in [0.5, 0.6) is 0 Å². The van der Waals surface area contributed by atoms with Crippen LogP contribution in [0.4, 0.5) is 5.69 Å². The Morgan fingerprint density at radius 3 is 2.45 bits per heavy atom. The molecule has 0 aliphatic rings. The van der Waals surface area contributed by atoms with Crippen molar-refractivity contribution in [2.45, 2.75) is 11.3 Å². The first-order valence-electron chi connectivity index (χ1n) is 5.99. The number of hydrogen-bond donors (Lipinski definition) is 2. The van der Waals surface area contributed by atoms with Crippen LogP contribution in [0.25, 0.3) is 0 Å². The van der Waals surface area contributed by atoms with Gasteiger partial charge in [0.2, 0.25) is 0 Å². The fourth-order valence-corrected chi connectivity index (χ4v) is 3.06. The van der Waals surface area contributed by atoms with Gasteiger partial charge in [-0.05, 0) is 48.4 Å². The predicted molar refractivity (Wildman–Crippen MR) is 82.2 cm³/mol. The molecule has 20 heavy (non-hydrogen) atoms. The monoisotopic (exact) mass is 355 g/mol. The summed E-state index contributed by atoms with van der Waals surface area (Å²) in [4.78, 5) is 0.202. The van der Waals surface area contributed by atoms with Gasteiger partial charge in [0, 0.05) is 16.8 Å². The first-order chi connectivity index (χ1) is 9.51. The highest BCUT2D eigenvalue weighted by molar-refractivity contribution is 9.10. The van der Waals surface area contributed by atoms with E-state index in [0.717, 1.165) is 10.0 Å². The van der Waals surface area contributed by atoms with Gasteiger partial charge in [-0.25, -0.2) is 8.42 Å². The van der Waals surface area contributed by atoms with Crippen molar-refractivity contribution in [2.24, 2.45) is 0 Å². The zero-order chi connectivity index (χ0) is 14.6. The maximum Gasteiger partial charge on any atom is 0.261 e. The number of hydrogen-bond acceptors (Lipinski definition) is 3. The molecule has 6 heteroatoms. The minimum Gasteiger partial charge on any atom is -0.396 e. The van der Waals surface area contributed by atoms with Crippen LogP contribution in [-0.2, 0) is 16.4 Å². The molecule has 2 rings (SSSR count). The average Bonchev–Trinajstić information content (AvgIpc) is 2.39. The van der Waals surface area contributed by atoms with E-state index in [2.05, 4.69) is 20.7 Å². The summed E-state index contributed by atoms with van der Waals surface area (Å²) in [6.45, 7) is 0.0307. The molecular formula is C14H14BrNO3S. The smallest absolute Gasteiger partial charge is 0.261 e. The minimum absolute atomic E-state index is 0.0307. The largest absolute Gasteiger partial charge is 0.396 e. The van der Waals surface area contributed by atoms with Crippen LogP contribution in [-0.4, -0.2) is 20.1 Å². The molecule has 0 unspecified atom stereocenters. The molecule has 0 spiro atoms. The highest BCUT2D eigenvalue weighted by atomic mass is 79.9. The van der Waals surface area contributed by atoms with Gasteiger partial charge in [0.25, 0.3) is 10.0 Å². The Morgan fingerprint density at radius 1 is 1.10 bits per heavy atom. The van der Waals surface area contributed by atoms with Crippen molar-refractivity contribution < 1.29 is 13.5 Å². The Labute approximate surface area is 126 Å². The lowest BCUT2D eigenvalue weighted by Gasteiger charge is -2.09. The zero-order valence-electron chi connectivity index (χ0n) is 10.6. The number of benzene rings is 2. The average molecular weight is 356 g/mol. The number of nitrogens with one attached hydrogen (secondary N) is 1. The summed E-state index contributed by atoms with van der Waals surface area (Å²) in [5, 5.41) is 8.90. The molecule has 106 valence electrons. The van der Waals surface area contributed by atoms with Crippen LogP contribution >= 0.6 is 15.9 Å². The molecular weight excluding hydrogens is 342 g/mol. The van der Waals surface area contributed by atoms with E-state index >= 15 is 0 Å². The maximum atomic E-state index is 12.2. The van der Waals surface area contributed by atoms with E-state index in [1.54, 1.807) is 30.3 Å². The summed E-state index contributed by atoms with van der Waals surface area (Å²) in [5.41, 5.74) is 1.36. The quantitative estimate of drug-likeness (QED) is 0.866. The van der Waals surface area contributed by atoms with Gasteiger partial charge < -0.3 is 5.11 Å². The molecule has 0 bridgehead atoms. The van der Waals surface area contributed by atoms with Crippen LogP contribution < -0.4 is 4.72 Å². The standard InChI is InChI=1S/C14H14BrNO3S/c15-12-4-6-14(7-5-12)20(18,19)16-13-3-1-2-11(10-13)8-9-17/h1-7,10,16-17H,8-9H2. The molecule has 0 saturated carbocycles. The normalized spacial score (nSPS) is 11.3. The maximum absolute atomic E-state index is 12.2. The van der Waals surface area contributed by atoms with Crippen LogP contribution in [0, 0.1) is 0 Å². The van der Waals surface area contributed by atoms with Crippen molar-refractivity contribution in [3.05, 3.63) is 58.6 Å². The highest BCUT2D eigenvalue weighted by Gasteiger charge is 2.13. The van der Waals surface area contributed by atoms with Gasteiger partial charge in [0.15, 0.2) is 0 Å². The molecule has 0 heterocycles. The van der Waals surface area contributed by atoms with E-state index in [1.165, 1.54) is 12.1 Å². The molecule has 2 N–H and O–H groups in total. The molecule has 0 aromatic heterocycles. The third-order valence-electron chi connectivity index (χ3n) is 2.70. The Kier molecular flexibility index (Phi) is 4.80. The van der Waals surface area contributed by atoms with Gasteiger partial charge in [-0.15, -0.1) is 0 Å². The molecule has 4 nitrogen and oxygen atoms in total. The third-order valence-corrected chi connectivity index (χ3v) is 4.63. The number of rotatable bonds is 5. The summed E-state index contributed by atoms with van der Waals surface area (Å²) >= 11 is 3.27. The summed E-state index contributed by atoms with van der Waals surface area (Å²) in [5.74, 6) is 0. The zero-order valence-corrected chi connectivity index (χ0v) is 13.0. The van der Waals surface area contributed by atoms with Gasteiger partial charge in [0.1, 0.15) is 0 Å². The number of aliphatic hydroxyl groups excluding tert-OH is 1. The molecule has 0 atom stereocenters. The molecule has 0 aliphatic carbocycles. The Hall–Kier alpha value is -1.37. The second-order valence-electron chi connectivity index (χ2n) is 4.23. The number of anilines is 1. The van der Waals surface area contributed by atoms with Gasteiger partial charge in [-0.3, -0.25) is 4.72 Å². The molecule has 0 amide bonds. The van der Waals surface area contributed by atoms with Crippen molar-refractivity contribution in [3.63, 3.8) is 0 Å². The van der Waals surface area contributed by atoms with Gasteiger partial charge in [0.05, 0.1) is 4.90 Å². The van der Waals surface area contributed by atoms with E-state index in [0.29, 0.717) is 12.1 Å². The van der Waals surface area contributed by atoms with Crippen LogP contribution in [0.2, 0.25) is 0 Å². The van der Waals surface area contributed by atoms with E-state index in [1.807, 2.05) is 6.07 Å². The van der Waals surface area contributed by atoms with Crippen molar-refractivity contribution in [2.75, 3.05) is 11.3 Å². The number of halogens is 1. The Balaban J connectivity index is 2.24. The molecule has 2 aromatic rings. The van der Waals surface area contributed by atoms with Crippen LogP contribution in [0.3, 0.4) is 0 Å². The Bertz CT molecular complexity index is 684. The van der Waals surface area contributed by atoms with Crippen molar-refractivity contribution in [1.82, 2.24) is 0 Å². The summed E-state index contributed by atoms with van der Waals surface area (Å²) in [7, 11) is -3.60. The summed E-state index contributed by atoms with van der Waals surface area (Å²) < 4.78 is 27.8. The van der Waals surface area contributed by atoms with Crippen molar-refractivity contribution in [3.8, 4) is 0 Å². The van der Waals surface area contributed by atoms with E-state index in [9.17, 15) is 8.42 Å². The van der Waals surface area contributed by atoms with Gasteiger partial charge in [-0.2, -0.15) is 0 Å². The molecule has 0 fully saturated rings. The lowest BCUT2D eigenvalue weighted by atomic mass is 10.1. The molecule has 2 aromatic carbocycles. The predicted octanol–water partition coefficient (Wildman–Crippen LogP) is 2.78. The first kappa shape index (κ1) is 15.0. The van der Waals surface area contributed by atoms with E-state index in [4.69, 9.17) is 5.11 Å². The number of aliphatic hydroxyl groups is 1. The van der Waals surface area contributed by atoms with Crippen molar-refractivity contribution >= 4 is 31.6 Å². The fraction of sp³-hybridized carbons (Fsp3) is 0.143. The second-order valence-corrected chi connectivity index (χ2v) is 6.83. The van der Waals surface area contributed by atoms with Crippen LogP contribution in [0.15, 0.2) is 57.9 Å². The number of sulfonamides is 1. The van der Waals surface area contributed by atoms with E-state index < -0.39 is 10.0 Å². The molecule has 0 saturated heterocycles. The van der Waals surface area contributed by atoms with Gasteiger partial charge >= 0.3 is 0 Å². The SMILES string of the molecule is O=S(=O)(Nc1cccc(CCO)c1)c1ccc(Br)cc1. The molecule has 0 aliphatic heterocycles. The van der Waals surface area contributed by atoms with Crippen molar-refractivity contribution in [1.29, 1.82) is 0 Å². The first-order valence-corrected chi connectivity index (χ1v) is 8.27. The summed E-state index contributed by atoms with van der Waals surface area (Å²) in [6.07, 6.45) is 0.494. The minimum atomic E-state index is -3.60. The highest BCUT2D eigenvalue weighted by Crippen LogP contribution is 2.19. The molecule has 0 radical (unpaired) electrons. The topological polar surface area (TPSA) is 66.4 Å². The second kappa shape index (κ2) is 6.39. The van der Waals surface area contributed by atoms with Crippen LogP contribution in [0.1, 0.15) is 5.56 Å². The third kappa shape index (κ3) is 3.82. The fourth-order valence-electron chi connectivity index (χ4n) is 1.75. The Morgan fingerprint density at radius 2 is 1.80 bits per heavy atom. The summed E-state index contributed by atoms with van der Waals surface area (Å²) in [6, 6.07) is 13.4. The lowest BCUT2D eigenvalue weighted by molar-refractivity contribution is 0.299. The van der Waals surface area contributed by atoms with Gasteiger partial charge in [-0.1, -0.05) is 28.1 Å².